The standard InChI is InChI=1S/C22H28N4O2.HI/c1-23-21(26-11-8-22(16-26)9-12-27-17-22)25-14-19-7-10-24-20(13-19)28-15-18-5-3-2-4-6-18;/h2-7,10,13H,8-9,11-12,14-17H2,1H3,(H,23,25);1H. The first kappa shape index (κ1) is 21.8. The Morgan fingerprint density at radius 1 is 1.24 bits per heavy atom. The zero-order valence-electron chi connectivity index (χ0n) is 16.8. The quantitative estimate of drug-likeness (QED) is 0.381. The van der Waals surface area contributed by atoms with Crippen LogP contribution in [0.3, 0.4) is 0 Å². The molecule has 0 saturated carbocycles. The summed E-state index contributed by atoms with van der Waals surface area (Å²) in [6.07, 6.45) is 4.13. The lowest BCUT2D eigenvalue weighted by molar-refractivity contribution is 0.156. The molecular weight excluding hydrogens is 479 g/mol. The van der Waals surface area contributed by atoms with Gasteiger partial charge in [0.25, 0.3) is 0 Å². The second-order valence-electron chi connectivity index (χ2n) is 7.65. The van der Waals surface area contributed by atoms with E-state index in [1.807, 2.05) is 49.5 Å². The van der Waals surface area contributed by atoms with E-state index in [1.54, 1.807) is 6.20 Å². The number of nitrogens with one attached hydrogen (secondary N) is 1. The number of ether oxygens (including phenoxy) is 2. The van der Waals surface area contributed by atoms with Gasteiger partial charge in [-0.1, -0.05) is 30.3 Å². The van der Waals surface area contributed by atoms with Gasteiger partial charge in [-0.05, 0) is 30.0 Å². The highest BCUT2D eigenvalue weighted by molar-refractivity contribution is 14.0. The summed E-state index contributed by atoms with van der Waals surface area (Å²) < 4.78 is 11.5. The van der Waals surface area contributed by atoms with E-state index in [2.05, 4.69) is 20.2 Å². The average Bonchev–Trinajstić information content (AvgIpc) is 3.38. The van der Waals surface area contributed by atoms with Crippen LogP contribution >= 0.6 is 24.0 Å². The molecule has 2 saturated heterocycles. The van der Waals surface area contributed by atoms with E-state index < -0.39 is 0 Å². The minimum Gasteiger partial charge on any atom is -0.473 e. The van der Waals surface area contributed by atoms with Crippen LogP contribution in [0.1, 0.15) is 24.0 Å². The van der Waals surface area contributed by atoms with Crippen molar-refractivity contribution >= 4 is 29.9 Å². The molecule has 2 aromatic rings. The first-order valence-corrected chi connectivity index (χ1v) is 9.91. The van der Waals surface area contributed by atoms with E-state index in [9.17, 15) is 0 Å². The first-order chi connectivity index (χ1) is 13.8. The van der Waals surface area contributed by atoms with Gasteiger partial charge in [0.15, 0.2) is 5.96 Å². The lowest BCUT2D eigenvalue weighted by Crippen LogP contribution is -2.41. The summed E-state index contributed by atoms with van der Waals surface area (Å²) in [5.74, 6) is 1.59. The molecule has 6 nitrogen and oxygen atoms in total. The zero-order valence-corrected chi connectivity index (χ0v) is 19.2. The van der Waals surface area contributed by atoms with Crippen molar-refractivity contribution in [2.75, 3.05) is 33.4 Å². The van der Waals surface area contributed by atoms with E-state index in [4.69, 9.17) is 9.47 Å². The number of benzene rings is 1. The van der Waals surface area contributed by atoms with E-state index in [-0.39, 0.29) is 24.0 Å². The highest BCUT2D eigenvalue weighted by atomic mass is 127. The number of aliphatic imine (C=N–C) groups is 1. The van der Waals surface area contributed by atoms with Crippen LogP contribution in [0, 0.1) is 5.41 Å². The Balaban J connectivity index is 0.00000240. The third-order valence-electron chi connectivity index (χ3n) is 5.61. The number of hydrogen-bond acceptors (Lipinski definition) is 4. The molecule has 4 rings (SSSR count). The fourth-order valence-electron chi connectivity index (χ4n) is 3.97. The van der Waals surface area contributed by atoms with Gasteiger partial charge >= 0.3 is 0 Å². The molecule has 1 spiro atoms. The second kappa shape index (κ2) is 10.2. The molecule has 0 bridgehead atoms. The fourth-order valence-corrected chi connectivity index (χ4v) is 3.97. The van der Waals surface area contributed by atoms with Gasteiger partial charge in [0, 0.05) is 51.0 Å². The summed E-state index contributed by atoms with van der Waals surface area (Å²) in [5.41, 5.74) is 2.58. The van der Waals surface area contributed by atoms with Crippen molar-refractivity contribution in [2.45, 2.75) is 26.0 Å². The van der Waals surface area contributed by atoms with E-state index in [0.717, 1.165) is 49.8 Å². The lowest BCUT2D eigenvalue weighted by Gasteiger charge is -2.25. The number of rotatable bonds is 5. The Morgan fingerprint density at radius 2 is 2.10 bits per heavy atom. The minimum atomic E-state index is 0. The summed E-state index contributed by atoms with van der Waals surface area (Å²) in [4.78, 5) is 11.2. The number of guanidine groups is 1. The molecule has 1 atom stereocenters. The molecule has 1 aromatic carbocycles. The van der Waals surface area contributed by atoms with Gasteiger partial charge in [-0.25, -0.2) is 4.98 Å². The Kier molecular flexibility index (Phi) is 7.71. The maximum atomic E-state index is 5.84. The van der Waals surface area contributed by atoms with Crippen molar-refractivity contribution in [2.24, 2.45) is 10.4 Å². The summed E-state index contributed by atoms with van der Waals surface area (Å²) in [5, 5.41) is 3.49. The van der Waals surface area contributed by atoms with Gasteiger partial charge in [0.2, 0.25) is 5.88 Å². The van der Waals surface area contributed by atoms with Gasteiger partial charge in [0.05, 0.1) is 6.61 Å². The summed E-state index contributed by atoms with van der Waals surface area (Å²) in [6.45, 7) is 5.04. The second-order valence-corrected chi connectivity index (χ2v) is 7.65. The van der Waals surface area contributed by atoms with Crippen LogP contribution in [-0.2, 0) is 17.9 Å². The predicted molar refractivity (Wildman–Crippen MR) is 125 cm³/mol. The maximum absolute atomic E-state index is 5.84. The molecule has 3 heterocycles. The van der Waals surface area contributed by atoms with Gasteiger partial charge in [-0.2, -0.15) is 0 Å². The Morgan fingerprint density at radius 3 is 2.86 bits per heavy atom. The first-order valence-electron chi connectivity index (χ1n) is 9.91. The van der Waals surface area contributed by atoms with Crippen LogP contribution in [0.25, 0.3) is 0 Å². The van der Waals surface area contributed by atoms with Crippen LogP contribution in [-0.4, -0.2) is 49.2 Å². The monoisotopic (exact) mass is 508 g/mol. The third kappa shape index (κ3) is 5.60. The number of hydrogen-bond donors (Lipinski definition) is 1. The fraction of sp³-hybridized carbons (Fsp3) is 0.455. The van der Waals surface area contributed by atoms with Crippen molar-refractivity contribution in [3.05, 3.63) is 59.8 Å². The molecule has 2 aliphatic heterocycles. The van der Waals surface area contributed by atoms with Crippen molar-refractivity contribution < 1.29 is 9.47 Å². The van der Waals surface area contributed by atoms with Crippen LogP contribution in [0.2, 0.25) is 0 Å². The molecule has 156 valence electrons. The number of pyridine rings is 1. The van der Waals surface area contributed by atoms with Gasteiger partial charge in [-0.3, -0.25) is 4.99 Å². The van der Waals surface area contributed by atoms with Crippen molar-refractivity contribution in [3.63, 3.8) is 0 Å². The van der Waals surface area contributed by atoms with E-state index >= 15 is 0 Å². The Hall–Kier alpha value is -1.87. The SMILES string of the molecule is CN=C(NCc1ccnc(OCc2ccccc2)c1)N1CCC2(CCOC2)C1.I. The molecule has 1 unspecified atom stereocenters. The van der Waals surface area contributed by atoms with Crippen LogP contribution in [0.15, 0.2) is 53.7 Å². The molecular formula is C22H29IN4O2. The normalized spacial score (nSPS) is 21.3. The molecule has 1 aromatic heterocycles. The maximum Gasteiger partial charge on any atom is 0.213 e. The van der Waals surface area contributed by atoms with E-state index in [0.29, 0.717) is 24.4 Å². The summed E-state index contributed by atoms with van der Waals surface area (Å²) in [7, 11) is 1.85. The van der Waals surface area contributed by atoms with Crippen molar-refractivity contribution in [1.29, 1.82) is 0 Å². The highest BCUT2D eigenvalue weighted by Crippen LogP contribution is 2.38. The number of nitrogens with zero attached hydrogens (tertiary/aromatic N) is 3. The van der Waals surface area contributed by atoms with Gasteiger partial charge in [0.1, 0.15) is 6.61 Å². The highest BCUT2D eigenvalue weighted by Gasteiger charge is 2.42. The van der Waals surface area contributed by atoms with E-state index in [1.165, 1.54) is 6.42 Å². The summed E-state index contributed by atoms with van der Waals surface area (Å²) >= 11 is 0. The molecule has 1 N–H and O–H groups in total. The molecule has 2 fully saturated rings. The van der Waals surface area contributed by atoms with Gasteiger partial charge < -0.3 is 19.7 Å². The third-order valence-corrected chi connectivity index (χ3v) is 5.61. The molecule has 29 heavy (non-hydrogen) atoms. The Bertz CT molecular complexity index is 809. The number of aromatic nitrogens is 1. The molecule has 0 aliphatic carbocycles. The van der Waals surface area contributed by atoms with Crippen LogP contribution in [0.4, 0.5) is 0 Å². The topological polar surface area (TPSA) is 59.0 Å². The van der Waals surface area contributed by atoms with Crippen LogP contribution in [0.5, 0.6) is 5.88 Å². The zero-order chi connectivity index (χ0) is 19.2. The largest absolute Gasteiger partial charge is 0.473 e. The minimum absolute atomic E-state index is 0. The molecule has 0 radical (unpaired) electrons. The Labute approximate surface area is 189 Å². The molecule has 2 aliphatic rings. The van der Waals surface area contributed by atoms with Gasteiger partial charge in [-0.15, -0.1) is 24.0 Å². The number of likely N-dealkylation sites (tertiary alicyclic amines) is 1. The average molecular weight is 508 g/mol. The van der Waals surface area contributed by atoms with Crippen LogP contribution < -0.4 is 10.1 Å². The van der Waals surface area contributed by atoms with Crippen molar-refractivity contribution in [3.8, 4) is 5.88 Å². The lowest BCUT2D eigenvalue weighted by atomic mass is 9.87. The summed E-state index contributed by atoms with van der Waals surface area (Å²) in [6, 6.07) is 14.1. The molecule has 7 heteroatoms. The number of halogens is 1. The molecule has 0 amide bonds. The smallest absolute Gasteiger partial charge is 0.213 e. The predicted octanol–water partition coefficient (Wildman–Crippen LogP) is 3.47. The van der Waals surface area contributed by atoms with Crippen molar-refractivity contribution in [1.82, 2.24) is 15.2 Å².